The van der Waals surface area contributed by atoms with Gasteiger partial charge in [-0.15, -0.1) is 0 Å². The van der Waals surface area contributed by atoms with Crippen LogP contribution in [0.3, 0.4) is 0 Å². The van der Waals surface area contributed by atoms with Crippen molar-refractivity contribution in [2.24, 2.45) is 23.7 Å². The molecule has 1 aromatic carbocycles. The summed E-state index contributed by atoms with van der Waals surface area (Å²) in [5.41, 5.74) is 3.84. The zero-order valence-electron chi connectivity index (χ0n) is 13.7. The van der Waals surface area contributed by atoms with Gasteiger partial charge in [0.25, 0.3) is 0 Å². The average molecular weight is 288 g/mol. The molecule has 2 rings (SSSR count). The van der Waals surface area contributed by atoms with E-state index in [2.05, 4.69) is 45.9 Å². The first kappa shape index (κ1) is 16.1. The fourth-order valence-electron chi connectivity index (χ4n) is 3.95. The van der Waals surface area contributed by atoms with Gasteiger partial charge in [0.2, 0.25) is 0 Å². The van der Waals surface area contributed by atoms with Crippen LogP contribution in [0.15, 0.2) is 18.2 Å². The predicted octanol–water partition coefficient (Wildman–Crippen LogP) is 4.62. The Morgan fingerprint density at radius 2 is 1.81 bits per heavy atom. The quantitative estimate of drug-likeness (QED) is 0.877. The van der Waals surface area contributed by atoms with Crippen molar-refractivity contribution in [1.82, 2.24) is 0 Å². The smallest absolute Gasteiger partial charge is 0.306 e. The molecule has 0 radical (unpaired) electrons. The lowest BCUT2D eigenvalue weighted by Gasteiger charge is -2.36. The van der Waals surface area contributed by atoms with Crippen molar-refractivity contribution in [1.29, 1.82) is 0 Å². The third kappa shape index (κ3) is 4.09. The molecule has 1 aromatic rings. The first-order valence-electron chi connectivity index (χ1n) is 8.16. The van der Waals surface area contributed by atoms with Gasteiger partial charge in [-0.05, 0) is 62.8 Å². The fourth-order valence-corrected chi connectivity index (χ4v) is 3.95. The molecule has 2 heteroatoms. The van der Waals surface area contributed by atoms with E-state index in [0.29, 0.717) is 11.8 Å². The Hall–Kier alpha value is -1.31. The Labute approximate surface area is 128 Å². The average Bonchev–Trinajstić information content (AvgIpc) is 2.36. The molecule has 0 heterocycles. The van der Waals surface area contributed by atoms with Crippen LogP contribution in [0.1, 0.15) is 49.8 Å². The molecular formula is C19H28O2. The summed E-state index contributed by atoms with van der Waals surface area (Å²) >= 11 is 0. The minimum Gasteiger partial charge on any atom is -0.481 e. The van der Waals surface area contributed by atoms with Crippen LogP contribution in [0.2, 0.25) is 0 Å². The molecule has 1 aliphatic rings. The number of hydrogen-bond acceptors (Lipinski definition) is 1. The number of carbonyl (C=O) groups is 1. The number of aliphatic carboxylic acids is 1. The lowest BCUT2D eigenvalue weighted by Crippen LogP contribution is -2.33. The molecule has 21 heavy (non-hydrogen) atoms. The van der Waals surface area contributed by atoms with Crippen LogP contribution in [0, 0.1) is 37.5 Å². The second kappa shape index (κ2) is 6.64. The highest BCUT2D eigenvalue weighted by molar-refractivity contribution is 5.70. The molecule has 1 N–H and O–H groups in total. The van der Waals surface area contributed by atoms with E-state index in [0.717, 1.165) is 25.7 Å². The van der Waals surface area contributed by atoms with Crippen LogP contribution in [0.4, 0.5) is 0 Å². The van der Waals surface area contributed by atoms with Gasteiger partial charge in [0.05, 0.1) is 5.92 Å². The molecule has 3 atom stereocenters. The van der Waals surface area contributed by atoms with E-state index in [1.807, 2.05) is 0 Å². The summed E-state index contributed by atoms with van der Waals surface area (Å²) in [7, 11) is 0. The third-order valence-electron chi connectivity index (χ3n) is 5.06. The summed E-state index contributed by atoms with van der Waals surface area (Å²) in [6.07, 6.45) is 3.87. The molecule has 0 amide bonds. The predicted molar refractivity (Wildman–Crippen MR) is 86.4 cm³/mol. The van der Waals surface area contributed by atoms with Crippen LogP contribution in [-0.4, -0.2) is 11.1 Å². The molecule has 0 bridgehead atoms. The Kier molecular flexibility index (Phi) is 5.08. The van der Waals surface area contributed by atoms with Crippen LogP contribution >= 0.6 is 0 Å². The molecule has 0 aliphatic heterocycles. The molecule has 1 aliphatic carbocycles. The molecule has 0 saturated heterocycles. The Balaban J connectivity index is 2.17. The van der Waals surface area contributed by atoms with Gasteiger partial charge in [-0.1, -0.05) is 43.2 Å². The van der Waals surface area contributed by atoms with E-state index >= 15 is 0 Å². The largest absolute Gasteiger partial charge is 0.481 e. The second-order valence-electron chi connectivity index (χ2n) is 7.22. The monoisotopic (exact) mass is 288 g/mol. The fraction of sp³-hybridized carbons (Fsp3) is 0.632. The van der Waals surface area contributed by atoms with Gasteiger partial charge in [-0.2, -0.15) is 0 Å². The Morgan fingerprint density at radius 1 is 1.19 bits per heavy atom. The Morgan fingerprint density at radius 3 is 2.33 bits per heavy atom. The topological polar surface area (TPSA) is 37.3 Å². The van der Waals surface area contributed by atoms with Crippen molar-refractivity contribution in [3.8, 4) is 0 Å². The summed E-state index contributed by atoms with van der Waals surface area (Å²) < 4.78 is 0. The summed E-state index contributed by atoms with van der Waals surface area (Å²) in [6, 6.07) is 6.60. The van der Waals surface area contributed by atoms with Gasteiger partial charge >= 0.3 is 5.97 Å². The number of rotatable bonds is 4. The number of benzene rings is 1. The first-order chi connectivity index (χ1) is 9.86. The summed E-state index contributed by atoms with van der Waals surface area (Å²) in [5.74, 6) is 0.843. The highest BCUT2D eigenvalue weighted by Crippen LogP contribution is 2.39. The molecule has 1 fully saturated rings. The summed E-state index contributed by atoms with van der Waals surface area (Å²) in [5, 5.41) is 9.52. The minimum atomic E-state index is -0.605. The van der Waals surface area contributed by atoms with E-state index in [-0.39, 0.29) is 11.8 Å². The molecule has 3 unspecified atom stereocenters. The van der Waals surface area contributed by atoms with Crippen LogP contribution in [0.5, 0.6) is 0 Å². The van der Waals surface area contributed by atoms with Crippen LogP contribution < -0.4 is 0 Å². The van der Waals surface area contributed by atoms with Gasteiger partial charge in [0.1, 0.15) is 0 Å². The van der Waals surface area contributed by atoms with Crippen molar-refractivity contribution in [2.45, 2.75) is 53.4 Å². The van der Waals surface area contributed by atoms with Crippen molar-refractivity contribution in [3.05, 3.63) is 34.9 Å². The number of aryl methyl sites for hydroxylation is 2. The van der Waals surface area contributed by atoms with Gasteiger partial charge < -0.3 is 5.11 Å². The maximum Gasteiger partial charge on any atom is 0.306 e. The number of hydrogen-bond donors (Lipinski definition) is 1. The van der Waals surface area contributed by atoms with E-state index in [9.17, 15) is 9.90 Å². The standard InChI is InChI=1S/C19H28O2/c1-12(2)16-5-6-18(19(20)21)17(11-16)10-15-8-13(3)7-14(4)9-15/h7-9,12,16-18H,5-6,10-11H2,1-4H3,(H,20,21). The van der Waals surface area contributed by atoms with Gasteiger partial charge in [0, 0.05) is 0 Å². The van der Waals surface area contributed by atoms with Crippen LogP contribution in [0.25, 0.3) is 0 Å². The maximum absolute atomic E-state index is 11.6. The summed E-state index contributed by atoms with van der Waals surface area (Å²) in [4.78, 5) is 11.6. The van der Waals surface area contributed by atoms with E-state index < -0.39 is 5.97 Å². The van der Waals surface area contributed by atoms with Gasteiger partial charge in [-0.25, -0.2) is 0 Å². The van der Waals surface area contributed by atoms with Crippen molar-refractivity contribution in [3.63, 3.8) is 0 Å². The molecule has 2 nitrogen and oxygen atoms in total. The molecule has 0 aromatic heterocycles. The van der Waals surface area contributed by atoms with Gasteiger partial charge in [-0.3, -0.25) is 4.79 Å². The SMILES string of the molecule is Cc1cc(C)cc(CC2CC(C(C)C)CCC2C(=O)O)c1. The molecular weight excluding hydrogens is 260 g/mol. The van der Waals surface area contributed by atoms with Gasteiger partial charge in [0.15, 0.2) is 0 Å². The zero-order chi connectivity index (χ0) is 15.6. The van der Waals surface area contributed by atoms with Crippen LogP contribution in [-0.2, 0) is 11.2 Å². The lowest BCUT2D eigenvalue weighted by molar-refractivity contribution is -0.145. The second-order valence-corrected chi connectivity index (χ2v) is 7.22. The van der Waals surface area contributed by atoms with Crippen molar-refractivity contribution >= 4 is 5.97 Å². The van der Waals surface area contributed by atoms with Crippen molar-refractivity contribution in [2.75, 3.05) is 0 Å². The van der Waals surface area contributed by atoms with Crippen molar-refractivity contribution < 1.29 is 9.90 Å². The highest BCUT2D eigenvalue weighted by atomic mass is 16.4. The summed E-state index contributed by atoms with van der Waals surface area (Å²) in [6.45, 7) is 8.76. The van der Waals surface area contributed by atoms with E-state index in [1.54, 1.807) is 0 Å². The molecule has 0 spiro atoms. The van der Waals surface area contributed by atoms with E-state index in [1.165, 1.54) is 16.7 Å². The normalized spacial score (nSPS) is 26.0. The minimum absolute atomic E-state index is 0.166. The number of carboxylic acid groups (broad SMARTS) is 1. The maximum atomic E-state index is 11.6. The zero-order valence-corrected chi connectivity index (χ0v) is 13.7. The van der Waals surface area contributed by atoms with E-state index in [4.69, 9.17) is 0 Å². The third-order valence-corrected chi connectivity index (χ3v) is 5.06. The first-order valence-corrected chi connectivity index (χ1v) is 8.16. The molecule has 116 valence electrons. The highest BCUT2D eigenvalue weighted by Gasteiger charge is 2.35. The Bertz CT molecular complexity index is 484. The molecule has 1 saturated carbocycles. The lowest BCUT2D eigenvalue weighted by atomic mass is 9.68. The number of carboxylic acids is 1.